The summed E-state index contributed by atoms with van der Waals surface area (Å²) in [5.41, 5.74) is 6.73. The Bertz CT molecular complexity index is 2100. The topological polar surface area (TPSA) is 95.8 Å². The van der Waals surface area contributed by atoms with Gasteiger partial charge in [0, 0.05) is 12.4 Å². The maximum atomic E-state index is 12.6. The number of benzene rings is 6. The monoisotopic (exact) mass is 786 g/mol. The second-order valence-corrected chi connectivity index (χ2v) is 14.1. The smallest absolute Gasteiger partial charge is 0.343 e. The molecule has 6 aromatic carbocycles. The summed E-state index contributed by atoms with van der Waals surface area (Å²) in [6.07, 6.45) is 10.9. The highest BCUT2D eigenvalue weighted by Gasteiger charge is 2.11. The molecule has 8 heteroatoms. The summed E-state index contributed by atoms with van der Waals surface area (Å²) in [5, 5.41) is 0. The van der Waals surface area contributed by atoms with Crippen molar-refractivity contribution in [2.45, 2.75) is 58.8 Å². The van der Waals surface area contributed by atoms with Crippen LogP contribution in [-0.4, -0.2) is 37.6 Å². The second-order valence-electron chi connectivity index (χ2n) is 14.1. The van der Waals surface area contributed by atoms with E-state index in [-0.39, 0.29) is 0 Å². The van der Waals surface area contributed by atoms with E-state index in [1.54, 1.807) is 85.2 Å². The first-order valence-corrected chi connectivity index (χ1v) is 20.3. The van der Waals surface area contributed by atoms with E-state index in [9.17, 15) is 9.59 Å². The van der Waals surface area contributed by atoms with Crippen LogP contribution >= 0.6 is 0 Å². The largest absolute Gasteiger partial charge is 0.494 e. The summed E-state index contributed by atoms with van der Waals surface area (Å²) in [6.45, 7) is 5.65. The molecule has 0 unspecified atom stereocenters. The standard InChI is InChI=1S/C51H50N2O6/c1-3-5-7-33-56-46-29-17-42(18-30-46)50(54)58-48-25-13-40(14-26-48)36-52-44-21-9-38(10-22-44)35-39-11-23-45(24-12-39)53-37-41-15-27-49(28-16-41)59-51(55)43-19-31-47(32-20-43)57-34-8-6-4-2/h9-32,36-37H,3-8,33-35H2,1-2H3. The van der Waals surface area contributed by atoms with Gasteiger partial charge in [0.15, 0.2) is 0 Å². The molecule has 8 nitrogen and oxygen atoms in total. The molecule has 59 heavy (non-hydrogen) atoms. The van der Waals surface area contributed by atoms with Crippen molar-refractivity contribution in [1.82, 2.24) is 0 Å². The molecule has 6 rings (SSSR count). The van der Waals surface area contributed by atoms with E-state index in [0.717, 1.165) is 78.9 Å². The van der Waals surface area contributed by atoms with E-state index in [1.165, 1.54) is 11.1 Å². The molecule has 0 heterocycles. The van der Waals surface area contributed by atoms with Crippen molar-refractivity contribution in [3.8, 4) is 23.0 Å². The Balaban J connectivity index is 0.920. The van der Waals surface area contributed by atoms with Crippen molar-refractivity contribution in [2.75, 3.05) is 13.2 Å². The zero-order chi connectivity index (χ0) is 41.1. The van der Waals surface area contributed by atoms with E-state index in [1.807, 2.05) is 48.5 Å². The lowest BCUT2D eigenvalue weighted by Gasteiger charge is -2.07. The van der Waals surface area contributed by atoms with Gasteiger partial charge in [0.25, 0.3) is 0 Å². The SMILES string of the molecule is CCCCCOc1ccc(C(=O)Oc2ccc(C=Nc3ccc(Cc4ccc(N=Cc5ccc(OC(=O)c6ccc(OCCCCC)cc6)cc5)cc4)cc3)cc2)cc1. The van der Waals surface area contributed by atoms with Gasteiger partial charge < -0.3 is 18.9 Å². The van der Waals surface area contributed by atoms with Crippen LogP contribution in [0.2, 0.25) is 0 Å². The first-order valence-electron chi connectivity index (χ1n) is 20.3. The molecule has 0 aliphatic rings. The predicted octanol–water partition coefficient (Wildman–Crippen LogP) is 12.4. The Morgan fingerprint density at radius 2 is 0.797 bits per heavy atom. The van der Waals surface area contributed by atoms with E-state index in [0.29, 0.717) is 35.8 Å². The fourth-order valence-corrected chi connectivity index (χ4v) is 5.97. The lowest BCUT2D eigenvalue weighted by Crippen LogP contribution is -2.08. The van der Waals surface area contributed by atoms with Crippen LogP contribution in [0, 0.1) is 0 Å². The van der Waals surface area contributed by atoms with Crippen LogP contribution < -0.4 is 18.9 Å². The Morgan fingerprint density at radius 1 is 0.441 bits per heavy atom. The number of rotatable bonds is 20. The van der Waals surface area contributed by atoms with Gasteiger partial charge in [-0.2, -0.15) is 0 Å². The summed E-state index contributed by atoms with van der Waals surface area (Å²) in [5.74, 6) is 1.58. The minimum absolute atomic E-state index is 0.420. The lowest BCUT2D eigenvalue weighted by molar-refractivity contribution is 0.0725. The van der Waals surface area contributed by atoms with Crippen molar-refractivity contribution in [2.24, 2.45) is 9.98 Å². The third-order valence-corrected chi connectivity index (χ3v) is 9.40. The number of esters is 2. The fourth-order valence-electron chi connectivity index (χ4n) is 5.97. The van der Waals surface area contributed by atoms with Crippen molar-refractivity contribution < 1.29 is 28.5 Å². The van der Waals surface area contributed by atoms with Crippen LogP contribution in [0.5, 0.6) is 23.0 Å². The van der Waals surface area contributed by atoms with Gasteiger partial charge in [-0.1, -0.05) is 63.8 Å². The molecule has 0 fully saturated rings. The minimum atomic E-state index is -0.420. The predicted molar refractivity (Wildman–Crippen MR) is 236 cm³/mol. The van der Waals surface area contributed by atoms with Crippen molar-refractivity contribution in [3.05, 3.63) is 179 Å². The number of carbonyl (C=O) groups is 2. The second kappa shape index (κ2) is 22.2. The Kier molecular flexibility index (Phi) is 15.8. The van der Waals surface area contributed by atoms with E-state index in [2.05, 4.69) is 48.1 Å². The zero-order valence-corrected chi connectivity index (χ0v) is 33.7. The van der Waals surface area contributed by atoms with Gasteiger partial charge in [-0.05, 0) is 163 Å². The Labute approximate surface area is 347 Å². The first-order chi connectivity index (χ1) is 28.9. The van der Waals surface area contributed by atoms with Gasteiger partial charge >= 0.3 is 11.9 Å². The van der Waals surface area contributed by atoms with E-state index in [4.69, 9.17) is 18.9 Å². The van der Waals surface area contributed by atoms with Crippen LogP contribution in [-0.2, 0) is 6.42 Å². The number of hydrogen-bond acceptors (Lipinski definition) is 8. The molecule has 300 valence electrons. The molecule has 0 aliphatic heterocycles. The lowest BCUT2D eigenvalue weighted by atomic mass is 10.0. The van der Waals surface area contributed by atoms with Crippen molar-refractivity contribution in [3.63, 3.8) is 0 Å². The third-order valence-electron chi connectivity index (χ3n) is 9.40. The van der Waals surface area contributed by atoms with Crippen molar-refractivity contribution in [1.29, 1.82) is 0 Å². The normalized spacial score (nSPS) is 11.2. The van der Waals surface area contributed by atoms with Crippen molar-refractivity contribution >= 4 is 35.7 Å². The summed E-state index contributed by atoms with van der Waals surface area (Å²) in [6, 6.07) is 44.9. The number of nitrogens with zero attached hydrogens (tertiary/aromatic N) is 2. The van der Waals surface area contributed by atoms with Gasteiger partial charge in [-0.3, -0.25) is 9.98 Å². The first kappa shape index (κ1) is 41.8. The summed E-state index contributed by atoms with van der Waals surface area (Å²) < 4.78 is 22.6. The molecular weight excluding hydrogens is 737 g/mol. The summed E-state index contributed by atoms with van der Waals surface area (Å²) in [7, 11) is 0. The van der Waals surface area contributed by atoms with Gasteiger partial charge in [0.05, 0.1) is 35.7 Å². The average molecular weight is 787 g/mol. The van der Waals surface area contributed by atoms with Gasteiger partial charge in [-0.15, -0.1) is 0 Å². The molecule has 0 saturated heterocycles. The highest BCUT2D eigenvalue weighted by atomic mass is 16.5. The summed E-state index contributed by atoms with van der Waals surface area (Å²) in [4.78, 5) is 34.5. The van der Waals surface area contributed by atoms with E-state index < -0.39 is 11.9 Å². The van der Waals surface area contributed by atoms with Crippen LogP contribution in [0.3, 0.4) is 0 Å². The van der Waals surface area contributed by atoms with Crippen LogP contribution in [0.15, 0.2) is 156 Å². The molecule has 0 aromatic heterocycles. The van der Waals surface area contributed by atoms with E-state index >= 15 is 0 Å². The maximum absolute atomic E-state index is 12.6. The van der Waals surface area contributed by atoms with Crippen LogP contribution in [0.4, 0.5) is 11.4 Å². The number of hydrogen-bond donors (Lipinski definition) is 0. The number of aliphatic imine (C=N–C) groups is 2. The maximum Gasteiger partial charge on any atom is 0.343 e. The van der Waals surface area contributed by atoms with Gasteiger partial charge in [0.1, 0.15) is 23.0 Å². The molecule has 0 N–H and O–H groups in total. The Hall–Kier alpha value is -6.80. The molecule has 0 saturated carbocycles. The average Bonchev–Trinajstić information content (AvgIpc) is 3.27. The quantitative estimate of drug-likeness (QED) is 0.0331. The molecule has 0 radical (unpaired) electrons. The molecule has 0 atom stereocenters. The van der Waals surface area contributed by atoms with Gasteiger partial charge in [0.2, 0.25) is 0 Å². The Morgan fingerprint density at radius 3 is 1.15 bits per heavy atom. The fraction of sp³-hybridized carbons (Fsp3) is 0.216. The highest BCUT2D eigenvalue weighted by Crippen LogP contribution is 2.22. The molecule has 0 aliphatic carbocycles. The number of carbonyl (C=O) groups excluding carboxylic acids is 2. The molecular formula is C51H50N2O6. The summed E-state index contributed by atoms with van der Waals surface area (Å²) >= 11 is 0. The molecule has 0 spiro atoms. The van der Waals surface area contributed by atoms with Gasteiger partial charge in [-0.25, -0.2) is 9.59 Å². The highest BCUT2D eigenvalue weighted by molar-refractivity contribution is 5.92. The molecule has 0 bridgehead atoms. The minimum Gasteiger partial charge on any atom is -0.494 e. The number of unbranched alkanes of at least 4 members (excludes halogenated alkanes) is 4. The molecule has 6 aromatic rings. The number of ether oxygens (including phenoxy) is 4. The molecule has 0 amide bonds. The van der Waals surface area contributed by atoms with Crippen LogP contribution in [0.1, 0.15) is 95.3 Å². The third kappa shape index (κ3) is 13.7. The zero-order valence-electron chi connectivity index (χ0n) is 33.7. The van der Waals surface area contributed by atoms with Crippen LogP contribution in [0.25, 0.3) is 0 Å².